The number of carbonyl (C=O) groups excluding carboxylic acids is 1. The number of aliphatic hydroxyl groups excluding tert-OH is 1. The lowest BCUT2D eigenvalue weighted by atomic mass is 10.1. The minimum atomic E-state index is -0.805. The molecule has 1 amide bonds. The van der Waals surface area contributed by atoms with E-state index in [9.17, 15) is 14.3 Å². The van der Waals surface area contributed by atoms with Crippen LogP contribution in [0.1, 0.15) is 31.9 Å². The molecule has 0 heterocycles. The van der Waals surface area contributed by atoms with Crippen LogP contribution in [-0.2, 0) is 4.79 Å². The van der Waals surface area contributed by atoms with Crippen molar-refractivity contribution in [2.45, 2.75) is 26.4 Å². The summed E-state index contributed by atoms with van der Waals surface area (Å²) in [4.78, 5) is 11.6. The molecule has 0 fully saturated rings. The lowest BCUT2D eigenvalue weighted by Gasteiger charge is -2.12. The maximum absolute atomic E-state index is 12.7. The molecule has 0 spiro atoms. The Labute approximate surface area is 124 Å². The van der Waals surface area contributed by atoms with Crippen molar-refractivity contribution >= 4 is 17.7 Å². The first-order valence-electron chi connectivity index (χ1n) is 6.77. The summed E-state index contributed by atoms with van der Waals surface area (Å²) in [5.41, 5.74) is 0.596. The summed E-state index contributed by atoms with van der Waals surface area (Å²) in [6.45, 7) is 4.45. The number of hydrogen-bond donors (Lipinski definition) is 2. The van der Waals surface area contributed by atoms with Gasteiger partial charge in [0.2, 0.25) is 5.91 Å². The third-order valence-electron chi connectivity index (χ3n) is 2.82. The van der Waals surface area contributed by atoms with E-state index in [0.717, 1.165) is 12.2 Å². The molecule has 0 saturated carbocycles. The minimum absolute atomic E-state index is 0.0834. The Morgan fingerprint density at radius 2 is 2.00 bits per heavy atom. The molecule has 0 aromatic heterocycles. The summed E-state index contributed by atoms with van der Waals surface area (Å²) in [5, 5.41) is 12.5. The van der Waals surface area contributed by atoms with Crippen molar-refractivity contribution in [2.75, 3.05) is 18.1 Å². The number of benzene rings is 1. The molecule has 0 bridgehead atoms. The minimum Gasteiger partial charge on any atom is -0.387 e. The number of thioether (sulfide) groups is 1. The summed E-state index contributed by atoms with van der Waals surface area (Å²) in [6.07, 6.45) is 0.288. The zero-order valence-electron chi connectivity index (χ0n) is 11.9. The van der Waals surface area contributed by atoms with Crippen LogP contribution in [0.25, 0.3) is 0 Å². The van der Waals surface area contributed by atoms with E-state index >= 15 is 0 Å². The Bertz CT molecular complexity index is 409. The Morgan fingerprint density at radius 1 is 1.35 bits per heavy atom. The van der Waals surface area contributed by atoms with Gasteiger partial charge in [0.25, 0.3) is 0 Å². The largest absolute Gasteiger partial charge is 0.387 e. The van der Waals surface area contributed by atoms with Gasteiger partial charge in [-0.3, -0.25) is 4.79 Å². The van der Waals surface area contributed by atoms with E-state index in [4.69, 9.17) is 0 Å². The number of rotatable bonds is 8. The third kappa shape index (κ3) is 6.91. The average Bonchev–Trinajstić information content (AvgIpc) is 2.41. The molecule has 1 aromatic carbocycles. The second-order valence-electron chi connectivity index (χ2n) is 5.11. The van der Waals surface area contributed by atoms with Gasteiger partial charge in [-0.1, -0.05) is 26.0 Å². The monoisotopic (exact) mass is 299 g/mol. The highest BCUT2D eigenvalue weighted by Crippen LogP contribution is 2.12. The standard InChI is InChI=1S/C15H22FNO2S/c1-11(2)7-8-20-10-15(19)17-9-14(18)12-3-5-13(16)6-4-12/h3-6,11,14,18H,7-10H2,1-2H3,(H,17,19). The van der Waals surface area contributed by atoms with Crippen molar-refractivity contribution in [1.82, 2.24) is 5.32 Å². The van der Waals surface area contributed by atoms with Crippen LogP contribution in [0.3, 0.4) is 0 Å². The number of halogens is 1. The Hall–Kier alpha value is -1.07. The number of aliphatic hydroxyl groups is 1. The molecule has 1 unspecified atom stereocenters. The Balaban J connectivity index is 2.21. The molecular formula is C15H22FNO2S. The Kier molecular flexibility index (Phi) is 7.62. The predicted molar refractivity (Wildman–Crippen MR) is 81.1 cm³/mol. The van der Waals surface area contributed by atoms with Crippen LogP contribution >= 0.6 is 11.8 Å². The second kappa shape index (κ2) is 8.97. The first kappa shape index (κ1) is 17.0. The van der Waals surface area contributed by atoms with Crippen molar-refractivity contribution in [1.29, 1.82) is 0 Å². The topological polar surface area (TPSA) is 49.3 Å². The van der Waals surface area contributed by atoms with Gasteiger partial charge in [0, 0.05) is 6.54 Å². The van der Waals surface area contributed by atoms with Gasteiger partial charge in [-0.25, -0.2) is 4.39 Å². The van der Waals surface area contributed by atoms with Gasteiger partial charge >= 0.3 is 0 Å². The van der Waals surface area contributed by atoms with Crippen LogP contribution in [0, 0.1) is 11.7 Å². The molecule has 5 heteroatoms. The van der Waals surface area contributed by atoms with E-state index < -0.39 is 6.10 Å². The molecule has 0 aliphatic heterocycles. The van der Waals surface area contributed by atoms with Crippen LogP contribution in [0.2, 0.25) is 0 Å². The molecule has 1 rings (SSSR count). The second-order valence-corrected chi connectivity index (χ2v) is 6.21. The van der Waals surface area contributed by atoms with E-state index in [1.807, 2.05) is 0 Å². The van der Waals surface area contributed by atoms with Crippen molar-refractivity contribution < 1.29 is 14.3 Å². The van der Waals surface area contributed by atoms with Crippen molar-refractivity contribution in [3.63, 3.8) is 0 Å². The molecule has 112 valence electrons. The maximum Gasteiger partial charge on any atom is 0.230 e. The Morgan fingerprint density at radius 3 is 2.60 bits per heavy atom. The highest BCUT2D eigenvalue weighted by atomic mass is 32.2. The fourth-order valence-electron chi connectivity index (χ4n) is 1.55. The van der Waals surface area contributed by atoms with Crippen molar-refractivity contribution in [3.8, 4) is 0 Å². The zero-order chi connectivity index (χ0) is 15.0. The normalized spacial score (nSPS) is 12.4. The SMILES string of the molecule is CC(C)CCSCC(=O)NCC(O)c1ccc(F)cc1. The van der Waals surface area contributed by atoms with Crippen LogP contribution < -0.4 is 5.32 Å². The van der Waals surface area contributed by atoms with Gasteiger partial charge in [0.15, 0.2) is 0 Å². The van der Waals surface area contributed by atoms with Crippen LogP contribution in [0.4, 0.5) is 4.39 Å². The predicted octanol–water partition coefficient (Wildman–Crippen LogP) is 2.75. The number of amides is 1. The average molecular weight is 299 g/mol. The van der Waals surface area contributed by atoms with Gasteiger partial charge in [-0.05, 0) is 35.8 Å². The summed E-state index contributed by atoms with van der Waals surface area (Å²) < 4.78 is 12.7. The molecule has 0 radical (unpaired) electrons. The smallest absolute Gasteiger partial charge is 0.230 e. The molecule has 0 saturated heterocycles. The van der Waals surface area contributed by atoms with E-state index in [2.05, 4.69) is 19.2 Å². The van der Waals surface area contributed by atoms with Crippen molar-refractivity contribution in [2.24, 2.45) is 5.92 Å². The molecule has 0 aliphatic carbocycles. The van der Waals surface area contributed by atoms with E-state index in [1.165, 1.54) is 24.3 Å². The molecule has 1 atom stereocenters. The van der Waals surface area contributed by atoms with E-state index in [0.29, 0.717) is 17.2 Å². The molecule has 0 aliphatic rings. The summed E-state index contributed by atoms with van der Waals surface area (Å²) in [5.74, 6) is 1.59. The van der Waals surface area contributed by atoms with Crippen LogP contribution in [0.5, 0.6) is 0 Å². The fraction of sp³-hybridized carbons (Fsp3) is 0.533. The first-order valence-corrected chi connectivity index (χ1v) is 7.92. The quantitative estimate of drug-likeness (QED) is 0.726. The van der Waals surface area contributed by atoms with Crippen LogP contribution in [-0.4, -0.2) is 29.1 Å². The van der Waals surface area contributed by atoms with Gasteiger partial charge in [0.05, 0.1) is 11.9 Å². The zero-order valence-corrected chi connectivity index (χ0v) is 12.8. The molecular weight excluding hydrogens is 277 g/mol. The van der Waals surface area contributed by atoms with Crippen molar-refractivity contribution in [3.05, 3.63) is 35.6 Å². The van der Waals surface area contributed by atoms with E-state index in [1.54, 1.807) is 11.8 Å². The van der Waals surface area contributed by atoms with Gasteiger partial charge in [0.1, 0.15) is 5.82 Å². The van der Waals surface area contributed by atoms with Crippen LogP contribution in [0.15, 0.2) is 24.3 Å². The number of carbonyl (C=O) groups is 1. The molecule has 3 nitrogen and oxygen atoms in total. The first-order chi connectivity index (χ1) is 9.49. The highest BCUT2D eigenvalue weighted by molar-refractivity contribution is 7.99. The molecule has 1 aromatic rings. The van der Waals surface area contributed by atoms with E-state index in [-0.39, 0.29) is 18.3 Å². The van der Waals surface area contributed by atoms with Gasteiger partial charge in [-0.15, -0.1) is 0 Å². The highest BCUT2D eigenvalue weighted by Gasteiger charge is 2.09. The third-order valence-corrected chi connectivity index (χ3v) is 3.81. The lowest BCUT2D eigenvalue weighted by molar-refractivity contribution is -0.119. The van der Waals surface area contributed by atoms with Gasteiger partial charge < -0.3 is 10.4 Å². The lowest BCUT2D eigenvalue weighted by Crippen LogP contribution is -2.29. The summed E-state index contributed by atoms with van der Waals surface area (Å²) in [6, 6.07) is 5.62. The molecule has 20 heavy (non-hydrogen) atoms. The maximum atomic E-state index is 12.7. The summed E-state index contributed by atoms with van der Waals surface area (Å²) in [7, 11) is 0. The fourth-order valence-corrected chi connectivity index (χ4v) is 2.62. The molecule has 2 N–H and O–H groups in total. The summed E-state index contributed by atoms with van der Waals surface area (Å²) >= 11 is 1.60. The number of nitrogens with one attached hydrogen (secondary N) is 1. The number of hydrogen-bond acceptors (Lipinski definition) is 3. The van der Waals surface area contributed by atoms with Gasteiger partial charge in [-0.2, -0.15) is 11.8 Å².